The highest BCUT2D eigenvalue weighted by molar-refractivity contribution is 6.35. The summed E-state index contributed by atoms with van der Waals surface area (Å²) in [7, 11) is 0. The second-order valence-electron chi connectivity index (χ2n) is 5.33. The molecule has 0 aliphatic heterocycles. The van der Waals surface area contributed by atoms with Gasteiger partial charge in [0.05, 0.1) is 6.42 Å². The van der Waals surface area contributed by atoms with Crippen LogP contribution in [0.5, 0.6) is 0 Å². The molecule has 0 aromatic carbocycles. The number of hydrogen-bond donors (Lipinski definition) is 3. The molecular formula is C15H21N5O3. The Morgan fingerprint density at radius 2 is 1.96 bits per heavy atom. The van der Waals surface area contributed by atoms with Gasteiger partial charge in [-0.25, -0.2) is 10.4 Å². The number of nitrogens with one attached hydrogen (secondary N) is 3. The Kier molecular flexibility index (Phi) is 7.38. The molecule has 1 aromatic heterocycles. The highest BCUT2D eigenvalue weighted by Gasteiger charge is 2.13. The molecule has 0 saturated heterocycles. The maximum absolute atomic E-state index is 11.8. The lowest BCUT2D eigenvalue weighted by Crippen LogP contribution is -2.39. The number of amides is 3. The standard InChI is InChI=1S/C15H21N5O3/c1-10(2)9-17-14(22)15(23)20-19-11(3)8-13(21)18-12-6-4-5-7-16-12/h4-7,10H,8-9H2,1-3H3,(H,17,22)(H,20,23)(H,16,18,21). The first kappa shape index (κ1) is 18.3. The molecule has 0 radical (unpaired) electrons. The van der Waals surface area contributed by atoms with E-state index < -0.39 is 11.8 Å². The van der Waals surface area contributed by atoms with Crippen LogP contribution in [0.1, 0.15) is 27.2 Å². The van der Waals surface area contributed by atoms with Crippen molar-refractivity contribution in [1.29, 1.82) is 0 Å². The summed E-state index contributed by atoms with van der Waals surface area (Å²) < 4.78 is 0. The van der Waals surface area contributed by atoms with E-state index >= 15 is 0 Å². The predicted octanol–water partition coefficient (Wildman–Crippen LogP) is 0.674. The minimum Gasteiger partial charge on any atom is -0.348 e. The largest absolute Gasteiger partial charge is 0.348 e. The molecule has 0 aliphatic rings. The van der Waals surface area contributed by atoms with Crippen molar-refractivity contribution in [2.75, 3.05) is 11.9 Å². The van der Waals surface area contributed by atoms with Crippen LogP contribution < -0.4 is 16.1 Å². The predicted molar refractivity (Wildman–Crippen MR) is 86.6 cm³/mol. The lowest BCUT2D eigenvalue weighted by atomic mass is 10.2. The van der Waals surface area contributed by atoms with E-state index in [0.717, 1.165) is 0 Å². The second-order valence-corrected chi connectivity index (χ2v) is 5.33. The average Bonchev–Trinajstić information content (AvgIpc) is 2.51. The smallest absolute Gasteiger partial charge is 0.329 e. The molecule has 0 saturated carbocycles. The van der Waals surface area contributed by atoms with Gasteiger partial charge in [0.25, 0.3) is 0 Å². The second kappa shape index (κ2) is 9.29. The van der Waals surface area contributed by atoms with E-state index in [0.29, 0.717) is 18.1 Å². The number of rotatable bonds is 6. The Bertz CT molecular complexity index is 584. The van der Waals surface area contributed by atoms with Crippen LogP contribution in [0.15, 0.2) is 29.5 Å². The topological polar surface area (TPSA) is 113 Å². The van der Waals surface area contributed by atoms with Gasteiger partial charge >= 0.3 is 11.8 Å². The van der Waals surface area contributed by atoms with Crippen molar-refractivity contribution in [2.24, 2.45) is 11.0 Å². The Morgan fingerprint density at radius 1 is 1.22 bits per heavy atom. The number of aromatic nitrogens is 1. The monoisotopic (exact) mass is 319 g/mol. The number of pyridine rings is 1. The van der Waals surface area contributed by atoms with Crippen LogP contribution in [0, 0.1) is 5.92 Å². The summed E-state index contributed by atoms with van der Waals surface area (Å²) in [4.78, 5) is 38.7. The zero-order valence-electron chi connectivity index (χ0n) is 13.4. The van der Waals surface area contributed by atoms with Gasteiger partial charge in [-0.15, -0.1) is 0 Å². The summed E-state index contributed by atoms with van der Waals surface area (Å²) in [5.41, 5.74) is 2.48. The molecule has 124 valence electrons. The SMILES string of the molecule is CC(CC(=O)Nc1ccccn1)=NNC(=O)C(=O)NCC(C)C. The van der Waals surface area contributed by atoms with Gasteiger partial charge in [0.2, 0.25) is 5.91 Å². The van der Waals surface area contributed by atoms with E-state index in [1.807, 2.05) is 13.8 Å². The molecule has 0 atom stereocenters. The third-order valence-corrected chi connectivity index (χ3v) is 2.57. The van der Waals surface area contributed by atoms with Gasteiger partial charge in [-0.3, -0.25) is 14.4 Å². The molecule has 3 amide bonds. The van der Waals surface area contributed by atoms with Crippen LogP contribution in [0.4, 0.5) is 5.82 Å². The van der Waals surface area contributed by atoms with Crippen LogP contribution in [0.25, 0.3) is 0 Å². The van der Waals surface area contributed by atoms with Crippen molar-refractivity contribution >= 4 is 29.3 Å². The molecular weight excluding hydrogens is 298 g/mol. The quantitative estimate of drug-likeness (QED) is 0.406. The fourth-order valence-corrected chi connectivity index (χ4v) is 1.47. The van der Waals surface area contributed by atoms with Crippen LogP contribution in [0.3, 0.4) is 0 Å². The Morgan fingerprint density at radius 3 is 2.57 bits per heavy atom. The fourth-order valence-electron chi connectivity index (χ4n) is 1.47. The molecule has 0 unspecified atom stereocenters. The van der Waals surface area contributed by atoms with Gasteiger partial charge in [-0.1, -0.05) is 19.9 Å². The first-order chi connectivity index (χ1) is 10.9. The van der Waals surface area contributed by atoms with E-state index in [9.17, 15) is 14.4 Å². The highest BCUT2D eigenvalue weighted by Crippen LogP contribution is 2.00. The normalized spacial score (nSPS) is 11.0. The number of hydrazone groups is 1. The number of carbonyl (C=O) groups is 3. The maximum atomic E-state index is 11.8. The third kappa shape index (κ3) is 7.70. The summed E-state index contributed by atoms with van der Waals surface area (Å²) in [6.07, 6.45) is 1.54. The molecule has 1 rings (SSSR count). The van der Waals surface area contributed by atoms with Gasteiger partial charge in [0.1, 0.15) is 5.82 Å². The highest BCUT2D eigenvalue weighted by atomic mass is 16.2. The van der Waals surface area contributed by atoms with Gasteiger partial charge < -0.3 is 10.6 Å². The molecule has 8 heteroatoms. The van der Waals surface area contributed by atoms with Gasteiger partial charge in [0.15, 0.2) is 0 Å². The maximum Gasteiger partial charge on any atom is 0.329 e. The molecule has 0 fully saturated rings. The molecule has 23 heavy (non-hydrogen) atoms. The number of nitrogens with zero attached hydrogens (tertiary/aromatic N) is 2. The Labute approximate surface area is 134 Å². The third-order valence-electron chi connectivity index (χ3n) is 2.57. The zero-order chi connectivity index (χ0) is 17.2. The molecule has 1 heterocycles. The molecule has 0 aliphatic carbocycles. The van der Waals surface area contributed by atoms with E-state index in [-0.39, 0.29) is 18.2 Å². The number of carbonyl (C=O) groups excluding carboxylic acids is 3. The van der Waals surface area contributed by atoms with Crippen LogP contribution in [-0.4, -0.2) is 35.0 Å². The molecule has 3 N–H and O–H groups in total. The first-order valence-electron chi connectivity index (χ1n) is 7.20. The average molecular weight is 319 g/mol. The first-order valence-corrected chi connectivity index (χ1v) is 7.20. The van der Waals surface area contributed by atoms with Crippen molar-refractivity contribution in [3.8, 4) is 0 Å². The number of anilines is 1. The van der Waals surface area contributed by atoms with E-state index in [1.165, 1.54) is 0 Å². The minimum absolute atomic E-state index is 0.0233. The Balaban J connectivity index is 2.40. The molecule has 1 aromatic rings. The van der Waals surface area contributed by atoms with E-state index in [4.69, 9.17) is 0 Å². The lowest BCUT2D eigenvalue weighted by Gasteiger charge is -2.07. The fraction of sp³-hybridized carbons (Fsp3) is 0.400. The summed E-state index contributed by atoms with van der Waals surface area (Å²) in [5.74, 6) is -1.26. The van der Waals surface area contributed by atoms with E-state index in [1.54, 1.807) is 31.3 Å². The van der Waals surface area contributed by atoms with Crippen molar-refractivity contribution in [3.63, 3.8) is 0 Å². The Hall–Kier alpha value is -2.77. The van der Waals surface area contributed by atoms with Crippen molar-refractivity contribution in [2.45, 2.75) is 27.2 Å². The van der Waals surface area contributed by atoms with Crippen LogP contribution in [0.2, 0.25) is 0 Å². The zero-order valence-corrected chi connectivity index (χ0v) is 13.4. The van der Waals surface area contributed by atoms with Gasteiger partial charge in [-0.2, -0.15) is 5.10 Å². The minimum atomic E-state index is -0.866. The summed E-state index contributed by atoms with van der Waals surface area (Å²) in [6.45, 7) is 5.81. The van der Waals surface area contributed by atoms with Crippen molar-refractivity contribution < 1.29 is 14.4 Å². The molecule has 0 bridgehead atoms. The summed E-state index contributed by atoms with van der Waals surface area (Å²) >= 11 is 0. The summed E-state index contributed by atoms with van der Waals surface area (Å²) in [5, 5.41) is 8.79. The summed E-state index contributed by atoms with van der Waals surface area (Å²) in [6, 6.07) is 5.15. The van der Waals surface area contributed by atoms with Gasteiger partial charge in [0, 0.05) is 18.5 Å². The van der Waals surface area contributed by atoms with Crippen molar-refractivity contribution in [3.05, 3.63) is 24.4 Å². The van der Waals surface area contributed by atoms with Crippen LogP contribution >= 0.6 is 0 Å². The molecule has 0 spiro atoms. The van der Waals surface area contributed by atoms with Crippen LogP contribution in [-0.2, 0) is 14.4 Å². The molecule has 8 nitrogen and oxygen atoms in total. The van der Waals surface area contributed by atoms with Crippen molar-refractivity contribution in [1.82, 2.24) is 15.7 Å². The van der Waals surface area contributed by atoms with E-state index in [2.05, 4.69) is 26.1 Å². The lowest BCUT2D eigenvalue weighted by molar-refractivity contribution is -0.139. The van der Waals surface area contributed by atoms with Gasteiger partial charge in [-0.05, 0) is 25.0 Å². The number of hydrogen-bond acceptors (Lipinski definition) is 5.